The highest BCUT2D eigenvalue weighted by molar-refractivity contribution is 7.80. The molecule has 15 nitrogen and oxygen atoms in total. The monoisotopic (exact) mass is 569 g/mol. The third kappa shape index (κ3) is 12.8. The first-order chi connectivity index (χ1) is 18.3. The van der Waals surface area contributed by atoms with Gasteiger partial charge in [0.25, 0.3) is 0 Å². The second kappa shape index (κ2) is 16.7. The molecule has 16 heteroatoms. The summed E-state index contributed by atoms with van der Waals surface area (Å²) >= 11 is 3.98. The minimum atomic E-state index is -1.52. The van der Waals surface area contributed by atoms with Crippen molar-refractivity contribution in [2.24, 2.45) is 22.2 Å². The Kier molecular flexibility index (Phi) is 14.1. The summed E-state index contributed by atoms with van der Waals surface area (Å²) in [7, 11) is 0. The molecule has 0 fully saturated rings. The Morgan fingerprint density at radius 1 is 0.872 bits per heavy atom. The zero-order valence-corrected chi connectivity index (χ0v) is 22.0. The molecule has 0 spiro atoms. The fourth-order valence-electron chi connectivity index (χ4n) is 3.28. The van der Waals surface area contributed by atoms with E-state index in [1.54, 1.807) is 12.1 Å². The van der Waals surface area contributed by atoms with Gasteiger partial charge in [0.15, 0.2) is 5.96 Å². The van der Waals surface area contributed by atoms with Crippen molar-refractivity contribution in [1.82, 2.24) is 16.0 Å². The standard InChI is InChI=1S/C23H35N7O8S/c24-14(11-39)19(34)30-17(10-12-3-5-13(31)6-4-12)21(36)28-15(2-1-9-27-23(25)26)20(35)29-16(22(37)38)7-8-18(32)33/h3-6,14-17,31,39H,1-2,7-11,24H2,(H,28,36)(H,29,35)(H,30,34)(H,32,33)(H,37,38)(H4,25,26,27). The van der Waals surface area contributed by atoms with Crippen molar-refractivity contribution in [1.29, 1.82) is 0 Å². The van der Waals surface area contributed by atoms with Gasteiger partial charge in [-0.2, -0.15) is 12.6 Å². The third-order valence-electron chi connectivity index (χ3n) is 5.38. The summed E-state index contributed by atoms with van der Waals surface area (Å²) in [5, 5.41) is 35.1. The number of benzene rings is 1. The lowest BCUT2D eigenvalue weighted by Gasteiger charge is -2.25. The molecule has 0 saturated carbocycles. The summed E-state index contributed by atoms with van der Waals surface area (Å²) in [6, 6.07) is 0.849. The molecule has 39 heavy (non-hydrogen) atoms. The third-order valence-corrected chi connectivity index (χ3v) is 5.78. The van der Waals surface area contributed by atoms with Crippen LogP contribution in [0.15, 0.2) is 29.3 Å². The number of guanidine groups is 1. The Morgan fingerprint density at radius 3 is 1.97 bits per heavy atom. The molecule has 0 aliphatic carbocycles. The number of carbonyl (C=O) groups is 5. The molecule has 4 unspecified atom stereocenters. The number of phenols is 1. The fraction of sp³-hybridized carbons (Fsp3) is 0.478. The van der Waals surface area contributed by atoms with Gasteiger partial charge in [0.05, 0.1) is 6.04 Å². The summed E-state index contributed by atoms with van der Waals surface area (Å²) in [5.41, 5.74) is 16.9. The summed E-state index contributed by atoms with van der Waals surface area (Å²) in [4.78, 5) is 64.9. The van der Waals surface area contributed by atoms with Crippen LogP contribution in [0.4, 0.5) is 0 Å². The molecule has 0 aromatic heterocycles. The number of nitrogens with two attached hydrogens (primary N) is 3. The fourth-order valence-corrected chi connectivity index (χ4v) is 3.45. The van der Waals surface area contributed by atoms with Crippen molar-refractivity contribution in [3.63, 3.8) is 0 Å². The molecule has 1 aromatic rings. The van der Waals surface area contributed by atoms with Gasteiger partial charge in [-0.05, 0) is 37.0 Å². The molecule has 0 aliphatic heterocycles. The number of phenolic OH excluding ortho intramolecular Hbond substituents is 1. The van der Waals surface area contributed by atoms with Gasteiger partial charge in [0.2, 0.25) is 17.7 Å². The van der Waals surface area contributed by atoms with E-state index >= 15 is 0 Å². The molecule has 4 atom stereocenters. The number of amides is 3. The van der Waals surface area contributed by atoms with Crippen LogP contribution in [-0.2, 0) is 30.4 Å². The van der Waals surface area contributed by atoms with Crippen LogP contribution in [0.3, 0.4) is 0 Å². The van der Waals surface area contributed by atoms with Crippen LogP contribution in [0.25, 0.3) is 0 Å². The minimum Gasteiger partial charge on any atom is -0.508 e. The van der Waals surface area contributed by atoms with E-state index < -0.39 is 60.2 Å². The molecule has 0 radical (unpaired) electrons. The van der Waals surface area contributed by atoms with Gasteiger partial charge in [-0.25, -0.2) is 4.79 Å². The van der Waals surface area contributed by atoms with Gasteiger partial charge in [0.1, 0.15) is 23.9 Å². The van der Waals surface area contributed by atoms with E-state index in [0.29, 0.717) is 5.56 Å². The predicted molar refractivity (Wildman–Crippen MR) is 144 cm³/mol. The Morgan fingerprint density at radius 2 is 1.44 bits per heavy atom. The first kappa shape index (κ1) is 33.0. The first-order valence-electron chi connectivity index (χ1n) is 11.9. The van der Waals surface area contributed by atoms with E-state index in [9.17, 15) is 34.2 Å². The van der Waals surface area contributed by atoms with Crippen LogP contribution in [0.2, 0.25) is 0 Å². The van der Waals surface area contributed by atoms with Crippen molar-refractivity contribution < 1.29 is 39.3 Å². The van der Waals surface area contributed by atoms with Gasteiger partial charge in [-0.1, -0.05) is 12.1 Å². The van der Waals surface area contributed by atoms with Gasteiger partial charge in [-0.15, -0.1) is 0 Å². The highest BCUT2D eigenvalue weighted by Crippen LogP contribution is 2.12. The van der Waals surface area contributed by atoms with Crippen molar-refractivity contribution >= 4 is 48.2 Å². The van der Waals surface area contributed by atoms with Crippen molar-refractivity contribution in [3.05, 3.63) is 29.8 Å². The maximum Gasteiger partial charge on any atom is 0.326 e. The number of hydrogen-bond donors (Lipinski definition) is 10. The Balaban J connectivity index is 3.15. The SMILES string of the molecule is NC(N)=NCCCC(NC(=O)C(Cc1ccc(O)cc1)NC(=O)C(N)CS)C(=O)NC(CCC(=O)O)C(=O)O. The highest BCUT2D eigenvalue weighted by Gasteiger charge is 2.30. The summed E-state index contributed by atoms with van der Waals surface area (Å²) < 4.78 is 0. The summed E-state index contributed by atoms with van der Waals surface area (Å²) in [5.74, 6) is -5.21. The van der Waals surface area contributed by atoms with Crippen LogP contribution in [0.5, 0.6) is 5.75 Å². The lowest BCUT2D eigenvalue weighted by atomic mass is 10.0. The Labute approximate surface area is 230 Å². The Hall–Kier alpha value is -4.05. The number of nitrogens with one attached hydrogen (secondary N) is 3. The first-order valence-corrected chi connectivity index (χ1v) is 12.5. The summed E-state index contributed by atoms with van der Waals surface area (Å²) in [6.45, 7) is 0.105. The van der Waals surface area contributed by atoms with E-state index in [1.807, 2.05) is 0 Å². The van der Waals surface area contributed by atoms with Crippen LogP contribution < -0.4 is 33.2 Å². The predicted octanol–water partition coefficient (Wildman–Crippen LogP) is -2.35. The maximum absolute atomic E-state index is 13.3. The van der Waals surface area contributed by atoms with Gasteiger partial charge in [0, 0.05) is 25.1 Å². The number of aliphatic carboxylic acids is 2. The molecule has 0 saturated heterocycles. The zero-order chi connectivity index (χ0) is 29.5. The number of rotatable bonds is 17. The lowest BCUT2D eigenvalue weighted by molar-refractivity contribution is -0.143. The van der Waals surface area contributed by atoms with Crippen LogP contribution in [0.1, 0.15) is 31.2 Å². The number of carboxylic acids is 2. The van der Waals surface area contributed by atoms with Gasteiger partial charge >= 0.3 is 11.9 Å². The Bertz CT molecular complexity index is 1030. The molecular weight excluding hydrogens is 534 g/mol. The number of aliphatic imine (C=N–C) groups is 1. The van der Waals surface area contributed by atoms with Crippen molar-refractivity contribution in [2.75, 3.05) is 12.3 Å². The number of carbonyl (C=O) groups excluding carboxylic acids is 3. The smallest absolute Gasteiger partial charge is 0.326 e. The molecule has 0 aliphatic rings. The maximum atomic E-state index is 13.3. The second-order valence-electron chi connectivity index (χ2n) is 8.56. The second-order valence-corrected chi connectivity index (χ2v) is 8.93. The van der Waals surface area contributed by atoms with E-state index in [4.69, 9.17) is 22.3 Å². The van der Waals surface area contributed by atoms with E-state index in [0.717, 1.165) is 0 Å². The molecule has 1 aromatic carbocycles. The van der Waals surface area contributed by atoms with Crippen LogP contribution >= 0.6 is 12.6 Å². The normalized spacial score (nSPS) is 13.7. The molecular formula is C23H35N7O8S. The number of hydrogen-bond acceptors (Lipinski definition) is 9. The average Bonchev–Trinajstić information content (AvgIpc) is 2.87. The largest absolute Gasteiger partial charge is 0.508 e. The van der Waals surface area contributed by atoms with Crippen molar-refractivity contribution in [3.8, 4) is 5.75 Å². The van der Waals surface area contributed by atoms with E-state index in [1.165, 1.54) is 12.1 Å². The van der Waals surface area contributed by atoms with Crippen LogP contribution in [-0.4, -0.2) is 87.4 Å². The number of thiol groups is 1. The molecule has 0 heterocycles. The van der Waals surface area contributed by atoms with Crippen molar-refractivity contribution in [2.45, 2.75) is 56.3 Å². The quantitative estimate of drug-likeness (QED) is 0.0410. The van der Waals surface area contributed by atoms with Gasteiger partial charge in [-0.3, -0.25) is 24.2 Å². The minimum absolute atomic E-state index is 0.00211. The molecule has 0 bridgehead atoms. The molecule has 3 amide bonds. The summed E-state index contributed by atoms with van der Waals surface area (Å²) in [6.07, 6.45) is -0.731. The highest BCUT2D eigenvalue weighted by atomic mass is 32.1. The topological polar surface area (TPSA) is 273 Å². The van der Waals surface area contributed by atoms with E-state index in [-0.39, 0.29) is 49.7 Å². The number of carboxylic acid groups (broad SMARTS) is 2. The molecule has 216 valence electrons. The van der Waals surface area contributed by atoms with E-state index in [2.05, 4.69) is 33.6 Å². The van der Waals surface area contributed by atoms with Crippen LogP contribution in [0, 0.1) is 0 Å². The molecule has 1 rings (SSSR count). The molecule has 12 N–H and O–H groups in total. The number of nitrogens with zero attached hydrogens (tertiary/aromatic N) is 1. The average molecular weight is 570 g/mol. The zero-order valence-electron chi connectivity index (χ0n) is 21.1. The lowest BCUT2D eigenvalue weighted by Crippen LogP contribution is -2.57. The van der Waals surface area contributed by atoms with Gasteiger partial charge < -0.3 is 48.5 Å². The number of aromatic hydroxyl groups is 1.